The number of para-hydroxylation sites is 1. The van der Waals surface area contributed by atoms with Crippen molar-refractivity contribution in [3.8, 4) is 0 Å². The molecule has 1 aliphatic rings. The molecule has 1 fully saturated rings. The Balaban J connectivity index is 1.44. The third-order valence-electron chi connectivity index (χ3n) is 5.04. The number of fused-ring (bicyclic) bond motifs is 1. The molecular formula is C21H21N3O2. The van der Waals surface area contributed by atoms with E-state index in [1.165, 1.54) is 0 Å². The van der Waals surface area contributed by atoms with E-state index in [4.69, 9.17) is 0 Å². The second-order valence-corrected chi connectivity index (χ2v) is 6.93. The van der Waals surface area contributed by atoms with Gasteiger partial charge in [0.2, 0.25) is 5.82 Å². The van der Waals surface area contributed by atoms with Gasteiger partial charge in [0, 0.05) is 31.1 Å². The summed E-state index contributed by atoms with van der Waals surface area (Å²) in [5.41, 5.74) is 1.12. The highest BCUT2D eigenvalue weighted by Gasteiger charge is 2.34. The van der Waals surface area contributed by atoms with Crippen molar-refractivity contribution >= 4 is 16.8 Å². The van der Waals surface area contributed by atoms with Gasteiger partial charge in [-0.05, 0) is 24.5 Å². The van der Waals surface area contributed by atoms with E-state index in [0.29, 0.717) is 32.4 Å². The number of aromatic nitrogens is 2. The molecule has 0 unspecified atom stereocenters. The Morgan fingerprint density at radius 2 is 1.73 bits per heavy atom. The quantitative estimate of drug-likeness (QED) is 0.791. The lowest BCUT2D eigenvalue weighted by atomic mass is 9.85. The fourth-order valence-electron chi connectivity index (χ4n) is 3.50. The minimum Gasteiger partial charge on any atom is -0.389 e. The van der Waals surface area contributed by atoms with Crippen LogP contribution in [0.15, 0.2) is 60.8 Å². The molecule has 3 aromatic rings. The largest absolute Gasteiger partial charge is 0.389 e. The van der Waals surface area contributed by atoms with E-state index >= 15 is 0 Å². The summed E-state index contributed by atoms with van der Waals surface area (Å²) in [5, 5.41) is 11.8. The van der Waals surface area contributed by atoms with E-state index in [1.54, 1.807) is 11.1 Å². The lowest BCUT2D eigenvalue weighted by Crippen LogP contribution is -2.48. The van der Waals surface area contributed by atoms with Gasteiger partial charge >= 0.3 is 0 Å². The predicted octanol–water partition coefficient (Wildman–Crippen LogP) is 2.84. The highest BCUT2D eigenvalue weighted by atomic mass is 16.3. The Hall–Kier alpha value is -2.79. The molecule has 4 rings (SSSR count). The van der Waals surface area contributed by atoms with Crippen molar-refractivity contribution in [1.29, 1.82) is 0 Å². The Morgan fingerprint density at radius 1 is 1.04 bits per heavy atom. The van der Waals surface area contributed by atoms with Gasteiger partial charge in [-0.2, -0.15) is 0 Å². The van der Waals surface area contributed by atoms with Gasteiger partial charge in [0.05, 0.1) is 11.1 Å². The van der Waals surface area contributed by atoms with Gasteiger partial charge < -0.3 is 10.0 Å². The standard InChI is InChI=1S/C21H21N3O2/c25-20(19-22-15-17-8-4-5-9-18(17)23-19)24-12-10-21(26,11-13-24)14-16-6-2-1-3-7-16/h1-9,15,26H,10-14H2. The van der Waals surface area contributed by atoms with E-state index in [0.717, 1.165) is 16.5 Å². The number of carbonyl (C=O) groups is 1. The first-order valence-electron chi connectivity index (χ1n) is 8.90. The first kappa shape index (κ1) is 16.7. The minimum atomic E-state index is -0.762. The summed E-state index contributed by atoms with van der Waals surface area (Å²) in [6.45, 7) is 1.02. The van der Waals surface area contributed by atoms with Crippen LogP contribution in [0.4, 0.5) is 0 Å². The molecular weight excluding hydrogens is 326 g/mol. The topological polar surface area (TPSA) is 66.3 Å². The minimum absolute atomic E-state index is 0.169. The van der Waals surface area contributed by atoms with Crippen molar-refractivity contribution in [3.63, 3.8) is 0 Å². The van der Waals surface area contributed by atoms with Crippen LogP contribution in [0.2, 0.25) is 0 Å². The number of piperidine rings is 1. The highest BCUT2D eigenvalue weighted by molar-refractivity contribution is 5.92. The fourth-order valence-corrected chi connectivity index (χ4v) is 3.50. The first-order chi connectivity index (χ1) is 12.6. The molecule has 1 N–H and O–H groups in total. The normalized spacial score (nSPS) is 16.6. The Bertz CT molecular complexity index is 919. The molecule has 5 nitrogen and oxygen atoms in total. The Kier molecular flexibility index (Phi) is 4.39. The molecule has 0 saturated carbocycles. The number of amides is 1. The second-order valence-electron chi connectivity index (χ2n) is 6.93. The van der Waals surface area contributed by atoms with Crippen LogP contribution in [0.3, 0.4) is 0 Å². The van der Waals surface area contributed by atoms with Crippen LogP contribution in [-0.2, 0) is 6.42 Å². The molecule has 0 atom stereocenters. The average molecular weight is 347 g/mol. The molecule has 132 valence electrons. The van der Waals surface area contributed by atoms with E-state index in [9.17, 15) is 9.90 Å². The summed E-state index contributed by atoms with van der Waals surface area (Å²) in [4.78, 5) is 23.1. The van der Waals surface area contributed by atoms with E-state index in [2.05, 4.69) is 9.97 Å². The van der Waals surface area contributed by atoms with Crippen LogP contribution in [0.1, 0.15) is 29.0 Å². The van der Waals surface area contributed by atoms with Gasteiger partial charge in [-0.3, -0.25) is 4.79 Å². The molecule has 1 aromatic heterocycles. The van der Waals surface area contributed by atoms with Gasteiger partial charge in [0.1, 0.15) is 0 Å². The van der Waals surface area contributed by atoms with Gasteiger partial charge in [-0.15, -0.1) is 0 Å². The maximum atomic E-state index is 12.7. The fraction of sp³-hybridized carbons (Fsp3) is 0.286. The molecule has 1 saturated heterocycles. The molecule has 0 radical (unpaired) electrons. The maximum absolute atomic E-state index is 12.7. The van der Waals surface area contributed by atoms with Crippen LogP contribution in [-0.4, -0.2) is 44.6 Å². The van der Waals surface area contributed by atoms with E-state index in [1.807, 2.05) is 54.6 Å². The number of hydrogen-bond acceptors (Lipinski definition) is 4. The van der Waals surface area contributed by atoms with Crippen molar-refractivity contribution in [3.05, 3.63) is 72.2 Å². The third-order valence-corrected chi connectivity index (χ3v) is 5.04. The lowest BCUT2D eigenvalue weighted by Gasteiger charge is -2.38. The number of nitrogens with zero attached hydrogens (tertiary/aromatic N) is 3. The van der Waals surface area contributed by atoms with Gasteiger partial charge in [0.25, 0.3) is 5.91 Å². The number of likely N-dealkylation sites (tertiary alicyclic amines) is 1. The molecule has 0 aliphatic carbocycles. The zero-order valence-corrected chi connectivity index (χ0v) is 14.5. The number of carbonyl (C=O) groups excluding carboxylic acids is 1. The molecule has 2 aromatic carbocycles. The Morgan fingerprint density at radius 3 is 2.50 bits per heavy atom. The van der Waals surface area contributed by atoms with Crippen LogP contribution in [0, 0.1) is 0 Å². The third kappa shape index (κ3) is 3.44. The molecule has 5 heteroatoms. The lowest BCUT2D eigenvalue weighted by molar-refractivity contribution is -0.0165. The van der Waals surface area contributed by atoms with Crippen molar-refractivity contribution in [2.24, 2.45) is 0 Å². The zero-order valence-electron chi connectivity index (χ0n) is 14.5. The van der Waals surface area contributed by atoms with Crippen LogP contribution >= 0.6 is 0 Å². The summed E-state index contributed by atoms with van der Waals surface area (Å²) < 4.78 is 0. The Labute approximate surface area is 152 Å². The van der Waals surface area contributed by atoms with Crippen LogP contribution in [0.5, 0.6) is 0 Å². The highest BCUT2D eigenvalue weighted by Crippen LogP contribution is 2.27. The van der Waals surface area contributed by atoms with Crippen LogP contribution in [0.25, 0.3) is 10.9 Å². The molecule has 0 bridgehead atoms. The number of rotatable bonds is 3. The molecule has 0 spiro atoms. The summed E-state index contributed by atoms with van der Waals surface area (Å²) >= 11 is 0. The monoisotopic (exact) mass is 347 g/mol. The molecule has 1 amide bonds. The van der Waals surface area contributed by atoms with Gasteiger partial charge in [-0.1, -0.05) is 48.5 Å². The summed E-state index contributed by atoms with van der Waals surface area (Å²) in [7, 11) is 0. The maximum Gasteiger partial charge on any atom is 0.291 e. The van der Waals surface area contributed by atoms with Crippen LogP contribution < -0.4 is 0 Å². The smallest absolute Gasteiger partial charge is 0.291 e. The molecule has 26 heavy (non-hydrogen) atoms. The number of benzene rings is 2. The summed E-state index contributed by atoms with van der Waals surface area (Å²) in [6, 6.07) is 17.6. The van der Waals surface area contributed by atoms with E-state index < -0.39 is 5.60 Å². The van der Waals surface area contributed by atoms with Crippen molar-refractivity contribution in [2.75, 3.05) is 13.1 Å². The van der Waals surface area contributed by atoms with Crippen molar-refractivity contribution in [2.45, 2.75) is 24.9 Å². The van der Waals surface area contributed by atoms with Crippen molar-refractivity contribution < 1.29 is 9.90 Å². The first-order valence-corrected chi connectivity index (χ1v) is 8.90. The van der Waals surface area contributed by atoms with E-state index in [-0.39, 0.29) is 11.7 Å². The zero-order chi connectivity index (χ0) is 18.0. The number of aliphatic hydroxyl groups is 1. The SMILES string of the molecule is O=C(c1ncc2ccccc2n1)N1CCC(O)(Cc2ccccc2)CC1. The summed E-state index contributed by atoms with van der Waals surface area (Å²) in [6.07, 6.45) is 3.41. The summed E-state index contributed by atoms with van der Waals surface area (Å²) in [5.74, 6) is 0.0507. The van der Waals surface area contributed by atoms with Gasteiger partial charge in [0.15, 0.2) is 0 Å². The van der Waals surface area contributed by atoms with Crippen molar-refractivity contribution in [1.82, 2.24) is 14.9 Å². The molecule has 2 heterocycles. The van der Waals surface area contributed by atoms with Gasteiger partial charge in [-0.25, -0.2) is 9.97 Å². The average Bonchev–Trinajstić information content (AvgIpc) is 2.68. The molecule has 1 aliphatic heterocycles. The predicted molar refractivity (Wildman–Crippen MR) is 99.8 cm³/mol. The number of hydrogen-bond donors (Lipinski definition) is 1. The second kappa shape index (κ2) is 6.84.